The Kier molecular flexibility index (Phi) is 5.80. The first kappa shape index (κ1) is 18.2. The number of methoxy groups -OCH3 is 1. The molecule has 1 N–H and O–H groups in total. The Morgan fingerprint density at radius 1 is 1.17 bits per heavy atom. The van der Waals surface area contributed by atoms with Crippen LogP contribution in [0, 0.1) is 5.82 Å². The highest BCUT2D eigenvalue weighted by Crippen LogP contribution is 2.23. The van der Waals surface area contributed by atoms with Gasteiger partial charge in [0.2, 0.25) is 10.0 Å². The van der Waals surface area contributed by atoms with Crippen LogP contribution in [-0.4, -0.2) is 22.1 Å². The topological polar surface area (TPSA) is 64.6 Å². The van der Waals surface area contributed by atoms with E-state index in [0.29, 0.717) is 12.4 Å². The van der Waals surface area contributed by atoms with Crippen LogP contribution < -0.4 is 14.2 Å². The van der Waals surface area contributed by atoms with Gasteiger partial charge in [0.05, 0.1) is 18.6 Å². The van der Waals surface area contributed by atoms with E-state index in [1.807, 2.05) is 6.92 Å². The Morgan fingerprint density at radius 2 is 1.83 bits per heavy atom. The predicted molar refractivity (Wildman–Crippen MR) is 89.3 cm³/mol. The predicted octanol–water partition coefficient (Wildman–Crippen LogP) is 3.27. The summed E-state index contributed by atoms with van der Waals surface area (Å²) >= 11 is 0. The van der Waals surface area contributed by atoms with Crippen LogP contribution in [0.4, 0.5) is 4.39 Å². The van der Waals surface area contributed by atoms with Gasteiger partial charge < -0.3 is 9.47 Å². The monoisotopic (exact) mass is 353 g/mol. The van der Waals surface area contributed by atoms with Crippen molar-refractivity contribution in [2.45, 2.75) is 24.8 Å². The van der Waals surface area contributed by atoms with Gasteiger partial charge in [-0.25, -0.2) is 17.5 Å². The largest absolute Gasteiger partial charge is 0.494 e. The Hall–Kier alpha value is -2.12. The fourth-order valence-electron chi connectivity index (χ4n) is 2.20. The highest BCUT2D eigenvalue weighted by Gasteiger charge is 2.20. The van der Waals surface area contributed by atoms with Crippen LogP contribution in [0.3, 0.4) is 0 Å². The smallest absolute Gasteiger partial charge is 0.241 e. The summed E-state index contributed by atoms with van der Waals surface area (Å²) in [6.45, 7) is 4.16. The number of halogens is 1. The van der Waals surface area contributed by atoms with Crippen LogP contribution >= 0.6 is 0 Å². The van der Waals surface area contributed by atoms with E-state index < -0.39 is 21.9 Å². The number of rotatable bonds is 7. The summed E-state index contributed by atoms with van der Waals surface area (Å²) in [5.41, 5.74) is 0.774. The first-order chi connectivity index (χ1) is 11.4. The normalized spacial score (nSPS) is 12.7. The molecule has 0 radical (unpaired) electrons. The molecule has 1 atom stereocenters. The van der Waals surface area contributed by atoms with Crippen molar-refractivity contribution in [2.75, 3.05) is 13.7 Å². The zero-order valence-electron chi connectivity index (χ0n) is 13.7. The maximum atomic E-state index is 13.7. The van der Waals surface area contributed by atoms with Gasteiger partial charge >= 0.3 is 0 Å². The molecule has 0 aliphatic heterocycles. The van der Waals surface area contributed by atoms with Gasteiger partial charge in [0.1, 0.15) is 5.75 Å². The van der Waals surface area contributed by atoms with Crippen molar-refractivity contribution in [3.63, 3.8) is 0 Å². The van der Waals surface area contributed by atoms with E-state index in [4.69, 9.17) is 9.47 Å². The van der Waals surface area contributed by atoms with Gasteiger partial charge in [0, 0.05) is 6.04 Å². The van der Waals surface area contributed by atoms with Crippen molar-refractivity contribution in [3.05, 3.63) is 53.8 Å². The lowest BCUT2D eigenvalue weighted by molar-refractivity contribution is 0.340. The second-order valence-electron chi connectivity index (χ2n) is 5.14. The van der Waals surface area contributed by atoms with E-state index in [9.17, 15) is 12.8 Å². The number of sulfonamides is 1. The Morgan fingerprint density at radius 3 is 2.38 bits per heavy atom. The van der Waals surface area contributed by atoms with Crippen molar-refractivity contribution in [1.29, 1.82) is 0 Å². The molecule has 0 aromatic heterocycles. The summed E-state index contributed by atoms with van der Waals surface area (Å²) in [6.07, 6.45) is 0. The van der Waals surface area contributed by atoms with E-state index in [-0.39, 0.29) is 10.6 Å². The fraction of sp³-hybridized carbons (Fsp3) is 0.294. The summed E-state index contributed by atoms with van der Waals surface area (Å²) in [6, 6.07) is 10.2. The molecule has 0 unspecified atom stereocenters. The summed E-state index contributed by atoms with van der Waals surface area (Å²) < 4.78 is 51.2. The van der Waals surface area contributed by atoms with Gasteiger partial charge in [0.15, 0.2) is 11.6 Å². The molecule has 0 fully saturated rings. The average Bonchev–Trinajstić information content (AvgIpc) is 2.55. The first-order valence-electron chi connectivity index (χ1n) is 7.46. The van der Waals surface area contributed by atoms with Crippen LogP contribution in [0.1, 0.15) is 25.5 Å². The minimum Gasteiger partial charge on any atom is -0.494 e. The molecule has 0 aliphatic carbocycles. The molecule has 0 bridgehead atoms. The molecule has 0 saturated heterocycles. The van der Waals surface area contributed by atoms with Gasteiger partial charge in [0.25, 0.3) is 0 Å². The highest BCUT2D eigenvalue weighted by molar-refractivity contribution is 7.89. The van der Waals surface area contributed by atoms with Crippen LogP contribution in [0.15, 0.2) is 47.4 Å². The molecule has 5 nitrogen and oxygen atoms in total. The third-order valence-electron chi connectivity index (χ3n) is 3.46. The van der Waals surface area contributed by atoms with Crippen molar-refractivity contribution in [2.24, 2.45) is 0 Å². The highest BCUT2D eigenvalue weighted by atomic mass is 32.2. The molecule has 130 valence electrons. The van der Waals surface area contributed by atoms with Crippen molar-refractivity contribution in [3.8, 4) is 11.5 Å². The van der Waals surface area contributed by atoms with Crippen molar-refractivity contribution >= 4 is 10.0 Å². The van der Waals surface area contributed by atoms with E-state index in [1.165, 1.54) is 19.2 Å². The first-order valence-corrected chi connectivity index (χ1v) is 8.94. The van der Waals surface area contributed by atoms with Gasteiger partial charge in [-0.05, 0) is 49.7 Å². The lowest BCUT2D eigenvalue weighted by Crippen LogP contribution is -2.27. The Labute approximate surface area is 141 Å². The summed E-state index contributed by atoms with van der Waals surface area (Å²) in [5.74, 6) is -0.0175. The maximum absolute atomic E-state index is 13.7. The Bertz CT molecular complexity index is 791. The zero-order chi connectivity index (χ0) is 17.7. The lowest BCUT2D eigenvalue weighted by atomic mass is 10.1. The average molecular weight is 353 g/mol. The molecule has 2 rings (SSSR count). The molecule has 0 spiro atoms. The molecule has 0 amide bonds. The Balaban J connectivity index is 2.17. The van der Waals surface area contributed by atoms with Crippen LogP contribution in [0.2, 0.25) is 0 Å². The number of hydrogen-bond donors (Lipinski definition) is 1. The molecule has 0 saturated carbocycles. The fourth-order valence-corrected chi connectivity index (χ4v) is 3.45. The second-order valence-corrected chi connectivity index (χ2v) is 6.86. The quantitative estimate of drug-likeness (QED) is 0.830. The van der Waals surface area contributed by atoms with E-state index in [1.54, 1.807) is 31.2 Å². The molecule has 0 heterocycles. The molecular formula is C17H20FNO4S. The number of benzene rings is 2. The van der Waals surface area contributed by atoms with Gasteiger partial charge in [-0.3, -0.25) is 0 Å². The SMILES string of the molecule is CCOc1ccc([C@@H](C)NS(=O)(=O)c2ccc(OC)c(F)c2)cc1. The molecule has 2 aromatic carbocycles. The second kappa shape index (κ2) is 7.63. The van der Waals surface area contributed by atoms with Gasteiger partial charge in [-0.2, -0.15) is 0 Å². The van der Waals surface area contributed by atoms with E-state index in [2.05, 4.69) is 4.72 Å². The van der Waals surface area contributed by atoms with Gasteiger partial charge in [-0.15, -0.1) is 0 Å². The lowest BCUT2D eigenvalue weighted by Gasteiger charge is -2.15. The number of nitrogens with one attached hydrogen (secondary N) is 1. The molecule has 2 aromatic rings. The van der Waals surface area contributed by atoms with Crippen LogP contribution in [-0.2, 0) is 10.0 Å². The summed E-state index contributed by atoms with van der Waals surface area (Å²) in [7, 11) is -2.53. The van der Waals surface area contributed by atoms with Crippen molar-refractivity contribution < 1.29 is 22.3 Å². The maximum Gasteiger partial charge on any atom is 0.241 e. The van der Waals surface area contributed by atoms with E-state index in [0.717, 1.165) is 11.6 Å². The molecule has 24 heavy (non-hydrogen) atoms. The minimum atomic E-state index is -3.85. The van der Waals surface area contributed by atoms with Crippen molar-refractivity contribution in [1.82, 2.24) is 4.72 Å². The molecular weight excluding hydrogens is 333 g/mol. The third kappa shape index (κ3) is 4.24. The zero-order valence-corrected chi connectivity index (χ0v) is 14.6. The van der Waals surface area contributed by atoms with Crippen LogP contribution in [0.5, 0.6) is 11.5 Å². The number of ether oxygens (including phenoxy) is 2. The van der Waals surface area contributed by atoms with Gasteiger partial charge in [-0.1, -0.05) is 12.1 Å². The third-order valence-corrected chi connectivity index (χ3v) is 4.99. The standard InChI is InChI=1S/C17H20FNO4S/c1-4-23-14-7-5-13(6-8-14)12(2)19-24(20,21)15-9-10-17(22-3)16(18)11-15/h5-12,19H,4H2,1-3H3/t12-/m1/s1. The van der Waals surface area contributed by atoms with E-state index >= 15 is 0 Å². The summed E-state index contributed by atoms with van der Waals surface area (Å²) in [5, 5.41) is 0. The summed E-state index contributed by atoms with van der Waals surface area (Å²) in [4.78, 5) is -0.154. The molecule has 0 aliphatic rings. The number of hydrogen-bond acceptors (Lipinski definition) is 4. The minimum absolute atomic E-state index is 0.00601. The molecule has 7 heteroatoms. The van der Waals surface area contributed by atoms with Crippen LogP contribution in [0.25, 0.3) is 0 Å².